The molecule has 1 aliphatic carbocycles. The highest BCUT2D eigenvalue weighted by Crippen LogP contribution is 2.27. The fourth-order valence-corrected chi connectivity index (χ4v) is 3.18. The highest BCUT2D eigenvalue weighted by molar-refractivity contribution is 6.30. The van der Waals surface area contributed by atoms with Crippen molar-refractivity contribution in [2.45, 2.75) is 38.1 Å². The maximum Gasteiger partial charge on any atom is 0.193 e. The van der Waals surface area contributed by atoms with Gasteiger partial charge in [0, 0.05) is 22.2 Å². The Morgan fingerprint density at radius 2 is 1.65 bits per heavy atom. The SMILES string of the molecule is Nc1ccc(C(=O)c2ccc(Cl)cc2)cc1NC1CCCCC1. The van der Waals surface area contributed by atoms with Crippen molar-refractivity contribution < 1.29 is 4.79 Å². The van der Waals surface area contributed by atoms with Gasteiger partial charge in [0.1, 0.15) is 0 Å². The van der Waals surface area contributed by atoms with Crippen molar-refractivity contribution in [1.82, 2.24) is 0 Å². The van der Waals surface area contributed by atoms with Crippen LogP contribution in [-0.4, -0.2) is 11.8 Å². The van der Waals surface area contributed by atoms with E-state index in [1.807, 2.05) is 6.07 Å². The Labute approximate surface area is 141 Å². The van der Waals surface area contributed by atoms with Gasteiger partial charge in [-0.2, -0.15) is 0 Å². The van der Waals surface area contributed by atoms with Crippen LogP contribution in [0.5, 0.6) is 0 Å². The first-order chi connectivity index (χ1) is 11.1. The number of benzene rings is 2. The Hall–Kier alpha value is -2.00. The molecule has 2 aromatic carbocycles. The number of ketones is 1. The van der Waals surface area contributed by atoms with Crippen LogP contribution in [0.3, 0.4) is 0 Å². The second-order valence-electron chi connectivity index (χ2n) is 6.12. The molecule has 120 valence electrons. The Morgan fingerprint density at radius 1 is 1.00 bits per heavy atom. The molecule has 2 aromatic rings. The molecule has 1 saturated carbocycles. The molecule has 0 aliphatic heterocycles. The third kappa shape index (κ3) is 3.85. The number of nitrogen functional groups attached to an aromatic ring is 1. The topological polar surface area (TPSA) is 55.1 Å². The van der Waals surface area contributed by atoms with Crippen LogP contribution in [0.2, 0.25) is 5.02 Å². The van der Waals surface area contributed by atoms with Crippen LogP contribution >= 0.6 is 11.6 Å². The van der Waals surface area contributed by atoms with Crippen molar-refractivity contribution >= 4 is 28.8 Å². The smallest absolute Gasteiger partial charge is 0.193 e. The lowest BCUT2D eigenvalue weighted by molar-refractivity contribution is 0.103. The van der Waals surface area contributed by atoms with Crippen molar-refractivity contribution in [3.63, 3.8) is 0 Å². The van der Waals surface area contributed by atoms with E-state index in [1.165, 1.54) is 19.3 Å². The van der Waals surface area contributed by atoms with Crippen molar-refractivity contribution in [2.24, 2.45) is 0 Å². The van der Waals surface area contributed by atoms with E-state index in [4.69, 9.17) is 17.3 Å². The zero-order chi connectivity index (χ0) is 16.2. The van der Waals surface area contributed by atoms with Crippen LogP contribution in [0.4, 0.5) is 11.4 Å². The van der Waals surface area contributed by atoms with Gasteiger partial charge in [-0.05, 0) is 55.3 Å². The quantitative estimate of drug-likeness (QED) is 0.620. The van der Waals surface area contributed by atoms with Crippen LogP contribution in [-0.2, 0) is 0 Å². The predicted octanol–water partition coefficient (Wildman–Crippen LogP) is 4.90. The van der Waals surface area contributed by atoms with Crippen LogP contribution in [0, 0.1) is 0 Å². The summed E-state index contributed by atoms with van der Waals surface area (Å²) in [5, 5.41) is 4.13. The molecule has 3 N–H and O–H groups in total. The number of hydrogen-bond acceptors (Lipinski definition) is 3. The average molecular weight is 329 g/mol. The maximum absolute atomic E-state index is 12.6. The molecule has 4 heteroatoms. The number of rotatable bonds is 4. The summed E-state index contributed by atoms with van der Waals surface area (Å²) in [4.78, 5) is 12.6. The summed E-state index contributed by atoms with van der Waals surface area (Å²) >= 11 is 5.88. The molecule has 0 atom stereocenters. The summed E-state index contributed by atoms with van der Waals surface area (Å²) in [6, 6.07) is 12.8. The molecular formula is C19H21ClN2O. The molecule has 0 bridgehead atoms. The predicted molar refractivity (Wildman–Crippen MR) is 96.2 cm³/mol. The number of hydrogen-bond donors (Lipinski definition) is 2. The Bertz CT molecular complexity index is 691. The fourth-order valence-electron chi connectivity index (χ4n) is 3.06. The standard InChI is InChI=1S/C19H21ClN2O/c20-15-9-6-13(7-10-15)19(23)14-8-11-17(21)18(12-14)22-16-4-2-1-3-5-16/h6-12,16,22H,1-5,21H2. The first kappa shape index (κ1) is 15.9. The summed E-state index contributed by atoms with van der Waals surface area (Å²) in [6.07, 6.45) is 6.13. The second-order valence-corrected chi connectivity index (χ2v) is 6.55. The molecule has 23 heavy (non-hydrogen) atoms. The van der Waals surface area contributed by atoms with Gasteiger partial charge in [-0.25, -0.2) is 0 Å². The first-order valence-corrected chi connectivity index (χ1v) is 8.47. The van der Waals surface area contributed by atoms with Gasteiger partial charge in [-0.1, -0.05) is 30.9 Å². The summed E-state index contributed by atoms with van der Waals surface area (Å²) in [6.45, 7) is 0. The van der Waals surface area contributed by atoms with Gasteiger partial charge >= 0.3 is 0 Å². The molecule has 1 fully saturated rings. The van der Waals surface area contributed by atoms with Crippen molar-refractivity contribution in [3.05, 3.63) is 58.6 Å². The highest BCUT2D eigenvalue weighted by Gasteiger charge is 2.16. The molecule has 0 heterocycles. The van der Waals surface area contributed by atoms with Gasteiger partial charge < -0.3 is 11.1 Å². The van der Waals surface area contributed by atoms with Crippen LogP contribution in [0.25, 0.3) is 0 Å². The average Bonchev–Trinajstić information content (AvgIpc) is 2.58. The molecular weight excluding hydrogens is 308 g/mol. The fraction of sp³-hybridized carbons (Fsp3) is 0.316. The van der Waals surface area contributed by atoms with E-state index >= 15 is 0 Å². The van der Waals surface area contributed by atoms with Gasteiger partial charge in [0.05, 0.1) is 11.4 Å². The van der Waals surface area contributed by atoms with Crippen molar-refractivity contribution in [1.29, 1.82) is 0 Å². The van der Waals surface area contributed by atoms with Gasteiger partial charge in [0.2, 0.25) is 0 Å². The van der Waals surface area contributed by atoms with E-state index < -0.39 is 0 Å². The Balaban J connectivity index is 1.81. The molecule has 3 rings (SSSR count). The van der Waals surface area contributed by atoms with Crippen molar-refractivity contribution in [2.75, 3.05) is 11.1 Å². The van der Waals surface area contributed by atoms with Gasteiger partial charge in [-0.3, -0.25) is 4.79 Å². The molecule has 0 amide bonds. The normalized spacial score (nSPS) is 15.3. The van der Waals surface area contributed by atoms with Gasteiger partial charge in [-0.15, -0.1) is 0 Å². The maximum atomic E-state index is 12.6. The summed E-state index contributed by atoms with van der Waals surface area (Å²) < 4.78 is 0. The van der Waals surface area contributed by atoms with E-state index in [0.717, 1.165) is 18.5 Å². The van der Waals surface area contributed by atoms with Crippen LogP contribution in [0.1, 0.15) is 48.0 Å². The minimum atomic E-state index is -0.0200. The summed E-state index contributed by atoms with van der Waals surface area (Å²) in [7, 11) is 0. The molecule has 1 aliphatic rings. The molecule has 0 saturated heterocycles. The summed E-state index contributed by atoms with van der Waals surface area (Å²) in [5.74, 6) is -0.0200. The number of carbonyl (C=O) groups excluding carboxylic acids is 1. The van der Waals surface area contributed by atoms with E-state index in [2.05, 4.69) is 5.32 Å². The van der Waals surface area contributed by atoms with Crippen LogP contribution in [0.15, 0.2) is 42.5 Å². The van der Waals surface area contributed by atoms with E-state index in [9.17, 15) is 4.79 Å². The molecule has 3 nitrogen and oxygen atoms in total. The zero-order valence-electron chi connectivity index (χ0n) is 13.0. The Kier molecular flexibility index (Phi) is 4.87. The number of carbonyl (C=O) groups is 1. The number of halogens is 1. The third-order valence-corrected chi connectivity index (χ3v) is 4.64. The van der Waals surface area contributed by atoms with Crippen LogP contribution < -0.4 is 11.1 Å². The molecule has 0 aromatic heterocycles. The van der Waals surface area contributed by atoms with E-state index in [0.29, 0.717) is 27.9 Å². The lowest BCUT2D eigenvalue weighted by Gasteiger charge is -2.24. The minimum Gasteiger partial charge on any atom is -0.397 e. The molecule has 0 spiro atoms. The minimum absolute atomic E-state index is 0.0200. The molecule has 0 radical (unpaired) electrons. The molecule has 0 unspecified atom stereocenters. The van der Waals surface area contributed by atoms with Gasteiger partial charge in [0.25, 0.3) is 0 Å². The Morgan fingerprint density at radius 3 is 2.35 bits per heavy atom. The number of anilines is 2. The first-order valence-electron chi connectivity index (χ1n) is 8.10. The van der Waals surface area contributed by atoms with E-state index in [-0.39, 0.29) is 5.78 Å². The zero-order valence-corrected chi connectivity index (χ0v) is 13.8. The van der Waals surface area contributed by atoms with E-state index in [1.54, 1.807) is 36.4 Å². The highest BCUT2D eigenvalue weighted by atomic mass is 35.5. The second kappa shape index (κ2) is 7.05. The number of nitrogens with two attached hydrogens (primary N) is 1. The lowest BCUT2D eigenvalue weighted by Crippen LogP contribution is -2.23. The largest absolute Gasteiger partial charge is 0.397 e. The van der Waals surface area contributed by atoms with Crippen molar-refractivity contribution in [3.8, 4) is 0 Å². The third-order valence-electron chi connectivity index (χ3n) is 4.39. The summed E-state index contributed by atoms with van der Waals surface area (Å²) in [5.41, 5.74) is 8.88. The lowest BCUT2D eigenvalue weighted by atomic mass is 9.95. The van der Waals surface area contributed by atoms with Gasteiger partial charge in [0.15, 0.2) is 5.78 Å². The monoisotopic (exact) mass is 328 g/mol. The number of nitrogens with one attached hydrogen (secondary N) is 1.